The lowest BCUT2D eigenvalue weighted by Gasteiger charge is -2.34. The van der Waals surface area contributed by atoms with E-state index in [-0.39, 0.29) is 30.6 Å². The number of hydrogen-bond donors (Lipinski definition) is 2. The molecule has 0 spiro atoms. The molecule has 0 unspecified atom stereocenters. The summed E-state index contributed by atoms with van der Waals surface area (Å²) in [6, 6.07) is 16.1. The van der Waals surface area contributed by atoms with E-state index in [1.54, 1.807) is 36.4 Å². The Labute approximate surface area is 159 Å². The number of nitrogens with one attached hydrogen (secondary N) is 1. The van der Waals surface area contributed by atoms with Gasteiger partial charge >= 0.3 is 0 Å². The summed E-state index contributed by atoms with van der Waals surface area (Å²) in [5.41, 5.74) is 7.04. The van der Waals surface area contributed by atoms with Gasteiger partial charge in [-0.05, 0) is 25.0 Å². The Morgan fingerprint density at radius 1 is 1.00 bits per heavy atom. The van der Waals surface area contributed by atoms with Crippen LogP contribution in [0.3, 0.4) is 0 Å². The van der Waals surface area contributed by atoms with Gasteiger partial charge in [-0.1, -0.05) is 42.5 Å². The SMILES string of the molecule is Cl.NCC1(C(=O)Nc2cccc(C(=O)c3ccccc3)c2)CCOCC1. The Morgan fingerprint density at radius 3 is 2.31 bits per heavy atom. The largest absolute Gasteiger partial charge is 0.381 e. The van der Waals surface area contributed by atoms with Crippen molar-refractivity contribution < 1.29 is 14.3 Å². The van der Waals surface area contributed by atoms with Crippen LogP contribution in [0, 0.1) is 5.41 Å². The zero-order valence-electron chi connectivity index (χ0n) is 14.4. The standard InChI is InChI=1S/C20H22N2O3.ClH/c21-14-20(9-11-25-12-10-20)19(24)22-17-8-4-7-16(13-17)18(23)15-5-2-1-3-6-15;/h1-8,13H,9-12,14,21H2,(H,22,24);1H. The molecule has 1 saturated heterocycles. The second-order valence-electron chi connectivity index (χ2n) is 6.33. The van der Waals surface area contributed by atoms with Gasteiger partial charge < -0.3 is 15.8 Å². The van der Waals surface area contributed by atoms with Gasteiger partial charge in [0.2, 0.25) is 5.91 Å². The van der Waals surface area contributed by atoms with E-state index in [4.69, 9.17) is 10.5 Å². The van der Waals surface area contributed by atoms with Gasteiger partial charge in [-0.15, -0.1) is 12.4 Å². The molecule has 138 valence electrons. The summed E-state index contributed by atoms with van der Waals surface area (Å²) in [5, 5.41) is 2.92. The number of rotatable bonds is 5. The first-order valence-electron chi connectivity index (χ1n) is 8.44. The molecular formula is C20H23ClN2O3. The van der Waals surface area contributed by atoms with E-state index in [2.05, 4.69) is 5.32 Å². The van der Waals surface area contributed by atoms with Crippen molar-refractivity contribution in [3.05, 3.63) is 65.7 Å². The third kappa shape index (κ3) is 4.30. The number of hydrogen-bond acceptors (Lipinski definition) is 4. The maximum atomic E-state index is 12.7. The Balaban J connectivity index is 0.00000243. The molecule has 2 aromatic carbocycles. The molecule has 0 aliphatic carbocycles. The number of nitrogens with two attached hydrogens (primary N) is 1. The molecule has 0 radical (unpaired) electrons. The highest BCUT2D eigenvalue weighted by Gasteiger charge is 2.38. The number of ether oxygens (including phenoxy) is 1. The van der Waals surface area contributed by atoms with Crippen LogP contribution in [-0.4, -0.2) is 31.4 Å². The van der Waals surface area contributed by atoms with Crippen LogP contribution >= 0.6 is 12.4 Å². The zero-order chi connectivity index (χ0) is 17.7. The summed E-state index contributed by atoms with van der Waals surface area (Å²) >= 11 is 0. The van der Waals surface area contributed by atoms with Crippen molar-refractivity contribution in [2.24, 2.45) is 11.1 Å². The predicted octanol–water partition coefficient (Wildman–Crippen LogP) is 3.03. The number of ketones is 1. The van der Waals surface area contributed by atoms with Crippen LogP contribution < -0.4 is 11.1 Å². The van der Waals surface area contributed by atoms with Crippen molar-refractivity contribution in [1.29, 1.82) is 0 Å². The van der Waals surface area contributed by atoms with Gasteiger partial charge in [0.15, 0.2) is 5.78 Å². The predicted molar refractivity (Wildman–Crippen MR) is 104 cm³/mol. The van der Waals surface area contributed by atoms with Crippen LogP contribution in [0.5, 0.6) is 0 Å². The lowest BCUT2D eigenvalue weighted by molar-refractivity contribution is -0.130. The summed E-state index contributed by atoms with van der Waals surface area (Å²) in [5.74, 6) is -0.182. The van der Waals surface area contributed by atoms with Crippen LogP contribution in [-0.2, 0) is 9.53 Å². The lowest BCUT2D eigenvalue weighted by atomic mass is 9.79. The highest BCUT2D eigenvalue weighted by atomic mass is 35.5. The van der Waals surface area contributed by atoms with Crippen LogP contribution in [0.2, 0.25) is 0 Å². The summed E-state index contributed by atoms with van der Waals surface area (Å²) in [4.78, 5) is 25.3. The molecule has 1 aliphatic heterocycles. The molecule has 0 atom stereocenters. The topological polar surface area (TPSA) is 81.4 Å². The van der Waals surface area contributed by atoms with Crippen LogP contribution in [0.1, 0.15) is 28.8 Å². The van der Waals surface area contributed by atoms with E-state index in [0.29, 0.717) is 42.9 Å². The van der Waals surface area contributed by atoms with Gasteiger partial charge in [0.25, 0.3) is 0 Å². The van der Waals surface area contributed by atoms with Gasteiger partial charge in [-0.25, -0.2) is 0 Å². The molecule has 0 aromatic heterocycles. The van der Waals surface area contributed by atoms with E-state index in [1.807, 2.05) is 18.2 Å². The number of amides is 1. The molecular weight excluding hydrogens is 352 g/mol. The minimum atomic E-state index is -0.600. The quantitative estimate of drug-likeness (QED) is 0.788. The number of halogens is 1. The Bertz CT molecular complexity index is 759. The average Bonchev–Trinajstić information content (AvgIpc) is 2.68. The van der Waals surface area contributed by atoms with Crippen molar-refractivity contribution in [3.63, 3.8) is 0 Å². The first-order chi connectivity index (χ1) is 12.1. The van der Waals surface area contributed by atoms with Gasteiger partial charge in [0, 0.05) is 36.6 Å². The molecule has 6 heteroatoms. The first kappa shape index (κ1) is 20.1. The average molecular weight is 375 g/mol. The van der Waals surface area contributed by atoms with Crippen LogP contribution in [0.4, 0.5) is 5.69 Å². The fourth-order valence-electron chi connectivity index (χ4n) is 3.04. The minimum Gasteiger partial charge on any atom is -0.381 e. The summed E-state index contributed by atoms with van der Waals surface area (Å²) in [6.07, 6.45) is 1.22. The number of benzene rings is 2. The maximum Gasteiger partial charge on any atom is 0.232 e. The molecule has 1 heterocycles. The summed E-state index contributed by atoms with van der Waals surface area (Å²) < 4.78 is 5.35. The van der Waals surface area contributed by atoms with Crippen LogP contribution in [0.25, 0.3) is 0 Å². The molecule has 1 amide bonds. The minimum absolute atomic E-state index is 0. The lowest BCUT2D eigenvalue weighted by Crippen LogP contribution is -2.46. The van der Waals surface area contributed by atoms with E-state index < -0.39 is 5.41 Å². The molecule has 3 rings (SSSR count). The Kier molecular flexibility index (Phi) is 6.91. The molecule has 2 aromatic rings. The van der Waals surface area contributed by atoms with Crippen LogP contribution in [0.15, 0.2) is 54.6 Å². The van der Waals surface area contributed by atoms with Gasteiger partial charge in [-0.3, -0.25) is 9.59 Å². The summed E-state index contributed by atoms with van der Waals surface area (Å²) in [7, 11) is 0. The monoisotopic (exact) mass is 374 g/mol. The molecule has 5 nitrogen and oxygen atoms in total. The first-order valence-corrected chi connectivity index (χ1v) is 8.44. The van der Waals surface area contributed by atoms with Crippen molar-refractivity contribution >= 4 is 29.8 Å². The Hall–Kier alpha value is -2.21. The molecule has 26 heavy (non-hydrogen) atoms. The molecule has 1 fully saturated rings. The van der Waals surface area contributed by atoms with E-state index >= 15 is 0 Å². The highest BCUT2D eigenvalue weighted by Crippen LogP contribution is 2.31. The third-order valence-electron chi connectivity index (χ3n) is 4.74. The molecule has 1 aliphatic rings. The van der Waals surface area contributed by atoms with E-state index in [9.17, 15) is 9.59 Å². The maximum absolute atomic E-state index is 12.7. The van der Waals surface area contributed by atoms with Crippen molar-refractivity contribution in [3.8, 4) is 0 Å². The number of carbonyl (C=O) groups is 2. The number of carbonyl (C=O) groups excluding carboxylic acids is 2. The van der Waals surface area contributed by atoms with Gasteiger partial charge in [0.05, 0.1) is 5.41 Å². The normalized spacial score (nSPS) is 15.6. The third-order valence-corrected chi connectivity index (χ3v) is 4.74. The van der Waals surface area contributed by atoms with Gasteiger partial charge in [0.1, 0.15) is 0 Å². The van der Waals surface area contributed by atoms with E-state index in [1.165, 1.54) is 0 Å². The molecule has 0 saturated carbocycles. The fourth-order valence-corrected chi connectivity index (χ4v) is 3.04. The highest BCUT2D eigenvalue weighted by molar-refractivity contribution is 6.09. The second-order valence-corrected chi connectivity index (χ2v) is 6.33. The van der Waals surface area contributed by atoms with Crippen molar-refractivity contribution in [2.45, 2.75) is 12.8 Å². The summed E-state index contributed by atoms with van der Waals surface area (Å²) in [6.45, 7) is 1.36. The Morgan fingerprint density at radius 2 is 1.65 bits per heavy atom. The zero-order valence-corrected chi connectivity index (χ0v) is 15.3. The van der Waals surface area contributed by atoms with E-state index in [0.717, 1.165) is 0 Å². The molecule has 0 bridgehead atoms. The second kappa shape index (κ2) is 8.94. The van der Waals surface area contributed by atoms with Gasteiger partial charge in [-0.2, -0.15) is 0 Å². The van der Waals surface area contributed by atoms with Crippen molar-refractivity contribution in [2.75, 3.05) is 25.1 Å². The fraction of sp³-hybridized carbons (Fsp3) is 0.300. The van der Waals surface area contributed by atoms with Crippen molar-refractivity contribution in [1.82, 2.24) is 0 Å². The molecule has 3 N–H and O–H groups in total. The number of anilines is 1. The smallest absolute Gasteiger partial charge is 0.232 e.